The number of anilines is 1. The number of aliphatic carboxylic acids is 1. The summed E-state index contributed by atoms with van der Waals surface area (Å²) in [5.74, 6) is -1.71. The van der Waals surface area contributed by atoms with Crippen LogP contribution in [0.1, 0.15) is 18.9 Å². The quantitative estimate of drug-likeness (QED) is 0.897. The first-order valence-corrected chi connectivity index (χ1v) is 5.68. The van der Waals surface area contributed by atoms with Gasteiger partial charge in [-0.15, -0.1) is 0 Å². The van der Waals surface area contributed by atoms with Gasteiger partial charge in [0, 0.05) is 0 Å². The van der Waals surface area contributed by atoms with Crippen molar-refractivity contribution in [3.63, 3.8) is 0 Å². The number of rotatable bonds is 4. The van der Waals surface area contributed by atoms with Crippen LogP contribution in [-0.4, -0.2) is 17.1 Å². The topological polar surface area (TPSA) is 73.1 Å². The molecule has 1 unspecified atom stereocenters. The molecule has 0 saturated heterocycles. The Balaban J connectivity index is 3.05. The van der Waals surface area contributed by atoms with Gasteiger partial charge in [-0.05, 0) is 34.5 Å². The predicted octanol–water partition coefficient (Wildman–Crippen LogP) is 2.73. The maximum Gasteiger partial charge on any atom is 0.326 e. The van der Waals surface area contributed by atoms with Gasteiger partial charge in [0.05, 0.1) is 15.7 Å². The zero-order valence-electron chi connectivity index (χ0n) is 9.00. The molecule has 0 radical (unpaired) electrons. The Labute approximate surface area is 106 Å². The largest absolute Gasteiger partial charge is 0.480 e. The van der Waals surface area contributed by atoms with Crippen LogP contribution in [0.25, 0.3) is 0 Å². The van der Waals surface area contributed by atoms with Gasteiger partial charge in [0.2, 0.25) is 0 Å². The van der Waals surface area contributed by atoms with Gasteiger partial charge < -0.3 is 10.4 Å². The number of benzene rings is 1. The van der Waals surface area contributed by atoms with Crippen molar-refractivity contribution < 1.29 is 14.3 Å². The summed E-state index contributed by atoms with van der Waals surface area (Å²) < 4.78 is 13.8. The van der Waals surface area contributed by atoms with Gasteiger partial charge in [0.1, 0.15) is 12.1 Å². The number of carboxylic acids is 1. The van der Waals surface area contributed by atoms with Crippen molar-refractivity contribution in [3.8, 4) is 6.07 Å². The van der Waals surface area contributed by atoms with Gasteiger partial charge in [-0.2, -0.15) is 5.26 Å². The van der Waals surface area contributed by atoms with E-state index in [0.717, 1.165) is 0 Å². The van der Waals surface area contributed by atoms with Crippen molar-refractivity contribution >= 4 is 27.6 Å². The second kappa shape index (κ2) is 5.64. The molecule has 0 heterocycles. The van der Waals surface area contributed by atoms with E-state index in [1.807, 2.05) is 6.07 Å². The van der Waals surface area contributed by atoms with Gasteiger partial charge in [0.15, 0.2) is 5.82 Å². The van der Waals surface area contributed by atoms with Crippen LogP contribution in [0, 0.1) is 17.1 Å². The Morgan fingerprint density at radius 2 is 2.35 bits per heavy atom. The maximum absolute atomic E-state index is 13.8. The number of hydrogen-bond acceptors (Lipinski definition) is 3. The molecule has 0 aliphatic rings. The highest BCUT2D eigenvalue weighted by Crippen LogP contribution is 2.27. The van der Waals surface area contributed by atoms with Gasteiger partial charge >= 0.3 is 5.97 Å². The third-order valence-corrected chi connectivity index (χ3v) is 3.01. The van der Waals surface area contributed by atoms with E-state index >= 15 is 0 Å². The van der Waals surface area contributed by atoms with Crippen molar-refractivity contribution in [3.05, 3.63) is 28.0 Å². The van der Waals surface area contributed by atoms with Crippen molar-refractivity contribution in [2.24, 2.45) is 0 Å². The van der Waals surface area contributed by atoms with E-state index < -0.39 is 17.8 Å². The highest BCUT2D eigenvalue weighted by Gasteiger charge is 2.18. The van der Waals surface area contributed by atoms with Gasteiger partial charge in [-0.25, -0.2) is 9.18 Å². The summed E-state index contributed by atoms with van der Waals surface area (Å²) >= 11 is 2.96. The lowest BCUT2D eigenvalue weighted by atomic mass is 10.1. The van der Waals surface area contributed by atoms with Crippen LogP contribution in [0.15, 0.2) is 16.6 Å². The lowest BCUT2D eigenvalue weighted by Gasteiger charge is -2.15. The Morgan fingerprint density at radius 3 is 2.82 bits per heavy atom. The zero-order valence-corrected chi connectivity index (χ0v) is 10.6. The summed E-state index contributed by atoms with van der Waals surface area (Å²) in [6, 6.07) is 3.74. The van der Waals surface area contributed by atoms with Crippen molar-refractivity contribution in [1.29, 1.82) is 5.26 Å². The number of carboxylic acid groups (broad SMARTS) is 1. The van der Waals surface area contributed by atoms with Gasteiger partial charge in [-0.1, -0.05) is 6.92 Å². The SMILES string of the molecule is CCC(Nc1ccc(C#N)c(Br)c1F)C(=O)O. The number of nitrogens with one attached hydrogen (secondary N) is 1. The molecule has 1 aromatic carbocycles. The van der Waals surface area contributed by atoms with E-state index in [9.17, 15) is 9.18 Å². The summed E-state index contributed by atoms with van der Waals surface area (Å²) in [6.45, 7) is 1.68. The molecule has 17 heavy (non-hydrogen) atoms. The molecule has 0 aromatic heterocycles. The first-order chi connectivity index (χ1) is 8.01. The fourth-order valence-electron chi connectivity index (χ4n) is 1.27. The molecule has 1 atom stereocenters. The predicted molar refractivity (Wildman–Crippen MR) is 64.2 cm³/mol. The lowest BCUT2D eigenvalue weighted by molar-refractivity contribution is -0.137. The Hall–Kier alpha value is -1.61. The number of halogens is 2. The average Bonchev–Trinajstić information content (AvgIpc) is 2.30. The summed E-state index contributed by atoms with van der Waals surface area (Å²) in [4.78, 5) is 10.8. The Kier molecular flexibility index (Phi) is 4.46. The molecule has 6 heteroatoms. The number of carbonyl (C=O) groups is 1. The first-order valence-electron chi connectivity index (χ1n) is 4.88. The third-order valence-electron chi connectivity index (χ3n) is 2.24. The van der Waals surface area contributed by atoms with Crippen LogP contribution < -0.4 is 5.32 Å². The minimum atomic E-state index is -1.05. The van der Waals surface area contributed by atoms with Crippen LogP contribution in [0.5, 0.6) is 0 Å². The third kappa shape index (κ3) is 2.94. The van der Waals surface area contributed by atoms with Crippen LogP contribution in [0.3, 0.4) is 0 Å². The number of nitrogens with zero attached hydrogens (tertiary/aromatic N) is 1. The minimum absolute atomic E-state index is 0.0326. The molecule has 0 aliphatic carbocycles. The van der Waals surface area contributed by atoms with Crippen LogP contribution in [0.4, 0.5) is 10.1 Å². The van der Waals surface area contributed by atoms with E-state index in [4.69, 9.17) is 10.4 Å². The second-order valence-corrected chi connectivity index (χ2v) is 4.14. The molecule has 0 spiro atoms. The summed E-state index contributed by atoms with van der Waals surface area (Å²) in [7, 11) is 0. The highest BCUT2D eigenvalue weighted by molar-refractivity contribution is 9.10. The molecule has 0 fully saturated rings. The molecule has 0 bridgehead atoms. The van der Waals surface area contributed by atoms with Gasteiger partial charge in [0.25, 0.3) is 0 Å². The summed E-state index contributed by atoms with van der Waals surface area (Å²) in [5, 5.41) is 20.1. The molecular weight excluding hydrogens is 291 g/mol. The molecular formula is C11H10BrFN2O2. The smallest absolute Gasteiger partial charge is 0.326 e. The fraction of sp³-hybridized carbons (Fsp3) is 0.273. The lowest BCUT2D eigenvalue weighted by Crippen LogP contribution is -2.28. The Bertz CT molecular complexity index is 485. The second-order valence-electron chi connectivity index (χ2n) is 3.34. The van der Waals surface area contributed by atoms with E-state index in [2.05, 4.69) is 21.2 Å². The maximum atomic E-state index is 13.8. The van der Waals surface area contributed by atoms with E-state index in [1.54, 1.807) is 6.92 Å². The van der Waals surface area contributed by atoms with Crippen molar-refractivity contribution in [2.75, 3.05) is 5.32 Å². The van der Waals surface area contributed by atoms with E-state index in [0.29, 0.717) is 6.42 Å². The Morgan fingerprint density at radius 1 is 1.71 bits per heavy atom. The summed E-state index contributed by atoms with van der Waals surface area (Å²) in [6.07, 6.45) is 0.326. The fourth-order valence-corrected chi connectivity index (χ4v) is 1.71. The van der Waals surface area contributed by atoms with Crippen molar-refractivity contribution in [1.82, 2.24) is 0 Å². The van der Waals surface area contributed by atoms with Crippen molar-refractivity contribution in [2.45, 2.75) is 19.4 Å². The first kappa shape index (κ1) is 13.5. The standard InChI is InChI=1S/C11H10BrFN2O2/c1-2-7(11(16)17)15-8-4-3-6(5-14)9(12)10(8)13/h3-4,7,15H,2H2,1H3,(H,16,17). The zero-order chi connectivity index (χ0) is 13.0. The molecule has 0 aliphatic heterocycles. The number of nitriles is 1. The average molecular weight is 301 g/mol. The molecule has 1 rings (SSSR count). The number of hydrogen-bond donors (Lipinski definition) is 2. The van der Waals surface area contributed by atoms with Crippen LogP contribution in [-0.2, 0) is 4.79 Å². The molecule has 2 N–H and O–H groups in total. The van der Waals surface area contributed by atoms with Crippen LogP contribution in [0.2, 0.25) is 0 Å². The molecule has 0 amide bonds. The molecule has 0 saturated carbocycles. The van der Waals surface area contributed by atoms with Gasteiger partial charge in [-0.3, -0.25) is 0 Å². The normalized spacial score (nSPS) is 11.6. The molecule has 4 nitrogen and oxygen atoms in total. The molecule has 1 aromatic rings. The van der Waals surface area contributed by atoms with Crippen LogP contribution >= 0.6 is 15.9 Å². The van der Waals surface area contributed by atoms with E-state index in [-0.39, 0.29) is 15.7 Å². The minimum Gasteiger partial charge on any atom is -0.480 e. The van der Waals surface area contributed by atoms with E-state index in [1.165, 1.54) is 12.1 Å². The highest BCUT2D eigenvalue weighted by atomic mass is 79.9. The summed E-state index contributed by atoms with van der Waals surface area (Å²) in [5.41, 5.74) is 0.224. The monoisotopic (exact) mass is 300 g/mol. The molecule has 90 valence electrons.